The van der Waals surface area contributed by atoms with Crippen molar-refractivity contribution in [2.24, 2.45) is 5.92 Å². The molecule has 190 valence electrons. The summed E-state index contributed by atoms with van der Waals surface area (Å²) in [6, 6.07) is 10.8. The van der Waals surface area contributed by atoms with E-state index in [0.717, 1.165) is 38.5 Å². The first-order valence-electron chi connectivity index (χ1n) is 13.7. The molecule has 0 radical (unpaired) electrons. The van der Waals surface area contributed by atoms with Crippen LogP contribution in [0.25, 0.3) is 0 Å². The molecule has 1 heterocycles. The van der Waals surface area contributed by atoms with Crippen LogP contribution in [0.15, 0.2) is 30.3 Å². The molecule has 1 aromatic carbocycles. The van der Waals surface area contributed by atoms with Crippen molar-refractivity contribution >= 4 is 5.84 Å². The van der Waals surface area contributed by atoms with Crippen molar-refractivity contribution < 1.29 is 22.1 Å². The first kappa shape index (κ1) is 30.0. The first-order valence-corrected chi connectivity index (χ1v) is 13.7. The van der Waals surface area contributed by atoms with E-state index in [2.05, 4.69) is 53.7 Å². The molecule has 0 unspecified atom stereocenters. The molecule has 2 rings (SSSR count). The fraction of sp³-hybridized carbons (Fsp3) is 0.759. The van der Waals surface area contributed by atoms with Crippen LogP contribution in [0.4, 0.5) is 0 Å². The second kappa shape index (κ2) is 19.3. The molecule has 1 N–H and O–H groups in total. The lowest BCUT2D eigenvalue weighted by molar-refractivity contribution is -0.535. The van der Waals surface area contributed by atoms with E-state index in [4.69, 9.17) is 0 Å². The van der Waals surface area contributed by atoms with Crippen molar-refractivity contribution in [1.82, 2.24) is 4.90 Å². The van der Waals surface area contributed by atoms with E-state index in [1.807, 2.05) is 0 Å². The van der Waals surface area contributed by atoms with Crippen molar-refractivity contribution in [3.63, 3.8) is 0 Å². The molecule has 0 saturated heterocycles. The number of hydrogen-bond donors (Lipinski definition) is 1. The van der Waals surface area contributed by atoms with Gasteiger partial charge in [-0.05, 0) is 17.9 Å². The van der Waals surface area contributed by atoms with E-state index in [-0.39, 0.29) is 19.0 Å². The van der Waals surface area contributed by atoms with E-state index >= 15 is 0 Å². The summed E-state index contributed by atoms with van der Waals surface area (Å²) in [7, 11) is 0. The Kier molecular flexibility index (Phi) is 17.5. The van der Waals surface area contributed by atoms with Crippen LogP contribution in [0.2, 0.25) is 0 Å². The zero-order chi connectivity index (χ0) is 22.9. The lowest BCUT2D eigenvalue weighted by Gasteiger charge is -2.12. The van der Waals surface area contributed by atoms with Gasteiger partial charge in [0, 0.05) is 6.42 Å². The molecule has 1 aliphatic heterocycles. The summed E-state index contributed by atoms with van der Waals surface area (Å²) in [5.41, 5.74) is 1.38. The zero-order valence-corrected chi connectivity index (χ0v) is 22.4. The number of aliphatic hydroxyl groups is 1. The molecule has 33 heavy (non-hydrogen) atoms. The monoisotopic (exact) mass is 478 g/mol. The van der Waals surface area contributed by atoms with Crippen molar-refractivity contribution in [2.45, 2.75) is 110 Å². The third kappa shape index (κ3) is 13.4. The largest absolute Gasteiger partial charge is 1.00 e. The normalized spacial score (nSPS) is 13.8. The standard InChI is InChI=1S/C29H51N2O.ClH/c1-27(2)18-14-11-9-7-5-3-4-6-8-10-12-17-21-29-30(24-25-32)22-23-31(29)26-28-19-15-13-16-20-28;/h13,15-16,19-20,27,32H,3-12,14,17-18,21-26H2,1-2H3;1H/q+1;/p-1. The molecule has 0 amide bonds. The highest BCUT2D eigenvalue weighted by Gasteiger charge is 2.29. The van der Waals surface area contributed by atoms with Crippen LogP contribution < -0.4 is 12.4 Å². The fourth-order valence-electron chi connectivity index (χ4n) is 4.95. The molecule has 0 spiro atoms. The maximum absolute atomic E-state index is 9.45. The van der Waals surface area contributed by atoms with Crippen LogP contribution in [-0.2, 0) is 6.54 Å². The molecular weight excluding hydrogens is 428 g/mol. The summed E-state index contributed by atoms with van der Waals surface area (Å²) in [6.07, 6.45) is 19.4. The maximum atomic E-state index is 9.45. The molecule has 0 fully saturated rings. The van der Waals surface area contributed by atoms with Crippen LogP contribution in [0.1, 0.15) is 109 Å². The van der Waals surface area contributed by atoms with E-state index in [1.165, 1.54) is 94.9 Å². The summed E-state index contributed by atoms with van der Waals surface area (Å²) < 4.78 is 2.54. The average molecular weight is 479 g/mol. The van der Waals surface area contributed by atoms with Crippen molar-refractivity contribution in [2.75, 3.05) is 26.2 Å². The minimum absolute atomic E-state index is 0. The van der Waals surface area contributed by atoms with Gasteiger partial charge in [-0.15, -0.1) is 0 Å². The molecule has 0 atom stereocenters. The molecule has 3 nitrogen and oxygen atoms in total. The highest BCUT2D eigenvalue weighted by molar-refractivity contribution is 5.78. The molecule has 0 bridgehead atoms. The Morgan fingerprint density at radius 1 is 0.818 bits per heavy atom. The quantitative estimate of drug-likeness (QED) is 0.240. The highest BCUT2D eigenvalue weighted by Crippen LogP contribution is 2.16. The lowest BCUT2D eigenvalue weighted by atomic mass is 10.0. The topological polar surface area (TPSA) is 26.5 Å². The fourth-order valence-corrected chi connectivity index (χ4v) is 4.95. The molecule has 1 aliphatic rings. The molecule has 0 aromatic heterocycles. The predicted octanol–water partition coefficient (Wildman–Crippen LogP) is 4.03. The maximum Gasteiger partial charge on any atom is 0.247 e. The van der Waals surface area contributed by atoms with Crippen molar-refractivity contribution in [3.8, 4) is 0 Å². The predicted molar refractivity (Wildman–Crippen MR) is 138 cm³/mol. The molecule has 0 aliphatic carbocycles. The molecule has 0 saturated carbocycles. The number of benzene rings is 1. The van der Waals surface area contributed by atoms with Crippen LogP contribution in [0.3, 0.4) is 0 Å². The number of aliphatic hydroxyl groups excluding tert-OH is 1. The number of β-amino-alcohol motifs (C(OH)–C–C–N with tert-alkyl or cyclic N) is 1. The summed E-state index contributed by atoms with van der Waals surface area (Å²) in [6.45, 7) is 8.83. The number of unbranched alkanes of at least 4 members (excludes halogenated alkanes) is 11. The van der Waals surface area contributed by atoms with E-state index in [1.54, 1.807) is 0 Å². The first-order chi connectivity index (χ1) is 15.7. The van der Waals surface area contributed by atoms with E-state index < -0.39 is 0 Å². The van der Waals surface area contributed by atoms with Gasteiger partial charge in [0.15, 0.2) is 0 Å². The summed E-state index contributed by atoms with van der Waals surface area (Å²) in [4.78, 5) is 2.41. The van der Waals surface area contributed by atoms with Gasteiger partial charge in [-0.2, -0.15) is 0 Å². The number of halogens is 1. The summed E-state index contributed by atoms with van der Waals surface area (Å²) in [5, 5.41) is 9.45. The van der Waals surface area contributed by atoms with Gasteiger partial charge in [-0.25, -0.2) is 0 Å². The van der Waals surface area contributed by atoms with Gasteiger partial charge >= 0.3 is 0 Å². The number of hydrogen-bond acceptors (Lipinski definition) is 2. The number of amidine groups is 1. The Balaban J connectivity index is 0.00000544. The molecule has 4 heteroatoms. The Bertz CT molecular complexity index is 617. The highest BCUT2D eigenvalue weighted by atomic mass is 35.5. The summed E-state index contributed by atoms with van der Waals surface area (Å²) >= 11 is 0. The lowest BCUT2D eigenvalue weighted by Crippen LogP contribution is -3.00. The van der Waals surface area contributed by atoms with Gasteiger partial charge < -0.3 is 17.5 Å². The molecule has 1 aromatic rings. The minimum atomic E-state index is 0. The minimum Gasteiger partial charge on any atom is -1.00 e. The van der Waals surface area contributed by atoms with Gasteiger partial charge in [-0.3, -0.25) is 9.48 Å². The Morgan fingerprint density at radius 2 is 1.36 bits per heavy atom. The Labute approximate surface area is 211 Å². The number of rotatable bonds is 19. The smallest absolute Gasteiger partial charge is 0.247 e. The van der Waals surface area contributed by atoms with Gasteiger partial charge in [0.25, 0.3) is 0 Å². The van der Waals surface area contributed by atoms with E-state index in [9.17, 15) is 5.11 Å². The van der Waals surface area contributed by atoms with Crippen molar-refractivity contribution in [1.29, 1.82) is 0 Å². The third-order valence-electron chi connectivity index (χ3n) is 6.89. The van der Waals surface area contributed by atoms with Gasteiger partial charge in [-0.1, -0.05) is 121 Å². The number of nitrogens with zero attached hydrogens (tertiary/aromatic N) is 2. The molecular formula is C29H51ClN2O. The van der Waals surface area contributed by atoms with Crippen LogP contribution in [-0.4, -0.2) is 46.7 Å². The Morgan fingerprint density at radius 3 is 1.91 bits per heavy atom. The van der Waals surface area contributed by atoms with Crippen molar-refractivity contribution in [3.05, 3.63) is 35.9 Å². The summed E-state index contributed by atoms with van der Waals surface area (Å²) in [5.74, 6) is 2.33. The SMILES string of the molecule is CC(C)CCCCCCCCCCCCCCC1=[N+](Cc2ccccc2)CCN1CCO.[Cl-]. The average Bonchev–Trinajstić information content (AvgIpc) is 3.15. The van der Waals surface area contributed by atoms with Crippen LogP contribution in [0.5, 0.6) is 0 Å². The van der Waals surface area contributed by atoms with Gasteiger partial charge in [0.1, 0.15) is 26.2 Å². The van der Waals surface area contributed by atoms with Gasteiger partial charge in [0.2, 0.25) is 5.84 Å². The second-order valence-electron chi connectivity index (χ2n) is 10.2. The third-order valence-corrected chi connectivity index (χ3v) is 6.89. The van der Waals surface area contributed by atoms with Crippen LogP contribution in [0, 0.1) is 5.92 Å². The zero-order valence-electron chi connectivity index (χ0n) is 21.6. The second-order valence-corrected chi connectivity index (χ2v) is 10.2. The Hall–Kier alpha value is -1.06. The van der Waals surface area contributed by atoms with Gasteiger partial charge in [0.05, 0.1) is 6.61 Å². The van der Waals surface area contributed by atoms with E-state index in [0.29, 0.717) is 0 Å². The van der Waals surface area contributed by atoms with Crippen LogP contribution >= 0.6 is 0 Å².